The second-order valence-electron chi connectivity index (χ2n) is 7.03. The molecule has 2 heterocycles. The fourth-order valence-electron chi connectivity index (χ4n) is 4.74. The van der Waals surface area contributed by atoms with Gasteiger partial charge in [-0.05, 0) is 49.3 Å². The lowest BCUT2D eigenvalue weighted by molar-refractivity contribution is 0.424. The molecule has 100 valence electrons. The third kappa shape index (κ3) is 1.65. The van der Waals surface area contributed by atoms with Gasteiger partial charge in [0.25, 0.3) is 0 Å². The van der Waals surface area contributed by atoms with Gasteiger partial charge in [-0.2, -0.15) is 0 Å². The van der Waals surface area contributed by atoms with E-state index in [1.165, 1.54) is 48.9 Å². The fourth-order valence-corrected chi connectivity index (χ4v) is 4.74. The van der Waals surface area contributed by atoms with Crippen molar-refractivity contribution in [2.45, 2.75) is 51.4 Å². The minimum Gasteiger partial charge on any atom is -0.303 e. The summed E-state index contributed by atoms with van der Waals surface area (Å²) in [5.74, 6) is 1.95. The van der Waals surface area contributed by atoms with Crippen LogP contribution in [0.5, 0.6) is 0 Å². The van der Waals surface area contributed by atoms with Gasteiger partial charge in [0, 0.05) is 11.1 Å². The Kier molecular flexibility index (Phi) is 2.33. The van der Waals surface area contributed by atoms with Crippen molar-refractivity contribution in [1.82, 2.24) is 9.38 Å². The summed E-state index contributed by atoms with van der Waals surface area (Å²) in [5, 5.41) is 0. The van der Waals surface area contributed by atoms with E-state index in [0.29, 0.717) is 5.41 Å². The molecule has 2 heteroatoms. The quantitative estimate of drug-likeness (QED) is 0.748. The number of nitrogens with zero attached hydrogens (tertiary/aromatic N) is 2. The van der Waals surface area contributed by atoms with Crippen molar-refractivity contribution < 1.29 is 0 Å². The normalized spacial score (nSPS) is 34.0. The van der Waals surface area contributed by atoms with Crippen LogP contribution in [0.4, 0.5) is 0 Å². The highest BCUT2D eigenvalue weighted by atomic mass is 15.0. The van der Waals surface area contributed by atoms with Crippen molar-refractivity contribution in [3.63, 3.8) is 0 Å². The van der Waals surface area contributed by atoms with Crippen LogP contribution in [0.2, 0.25) is 0 Å². The number of hydrogen-bond donors (Lipinski definition) is 0. The molecule has 0 radical (unpaired) electrons. The van der Waals surface area contributed by atoms with Crippen molar-refractivity contribution in [2.24, 2.45) is 11.8 Å². The van der Waals surface area contributed by atoms with Gasteiger partial charge in [0.1, 0.15) is 0 Å². The minimum atomic E-state index is 0.348. The number of hydrogen-bond acceptors (Lipinski definition) is 1. The van der Waals surface area contributed by atoms with Gasteiger partial charge in [0.2, 0.25) is 0 Å². The van der Waals surface area contributed by atoms with Gasteiger partial charge in [-0.15, -0.1) is 0 Å². The Morgan fingerprint density at radius 1 is 1.21 bits per heavy atom. The highest BCUT2D eigenvalue weighted by Gasteiger charge is 2.45. The van der Waals surface area contributed by atoms with E-state index in [1.807, 2.05) is 12.5 Å². The molecule has 2 aliphatic carbocycles. The first-order valence-corrected chi connectivity index (χ1v) is 7.59. The zero-order valence-electron chi connectivity index (χ0n) is 11.9. The van der Waals surface area contributed by atoms with E-state index in [9.17, 15) is 0 Å². The van der Waals surface area contributed by atoms with E-state index >= 15 is 0 Å². The summed E-state index contributed by atoms with van der Waals surface area (Å²) in [7, 11) is 0. The molecule has 2 saturated carbocycles. The van der Waals surface area contributed by atoms with Crippen LogP contribution in [0.25, 0.3) is 5.52 Å². The largest absolute Gasteiger partial charge is 0.303 e. The molecule has 2 unspecified atom stereocenters. The third-order valence-electron chi connectivity index (χ3n) is 5.53. The second kappa shape index (κ2) is 3.84. The molecule has 2 nitrogen and oxygen atoms in total. The third-order valence-corrected chi connectivity index (χ3v) is 5.53. The van der Waals surface area contributed by atoms with E-state index < -0.39 is 0 Å². The molecule has 0 bridgehead atoms. The summed E-state index contributed by atoms with van der Waals surface area (Å²) in [6, 6.07) is 4.62. The monoisotopic (exact) mass is 254 g/mol. The van der Waals surface area contributed by atoms with E-state index in [1.54, 1.807) is 0 Å². The van der Waals surface area contributed by atoms with Crippen LogP contribution in [-0.4, -0.2) is 9.38 Å². The summed E-state index contributed by atoms with van der Waals surface area (Å²) < 4.78 is 2.31. The lowest BCUT2D eigenvalue weighted by atomic mass is 9.81. The predicted octanol–water partition coefficient (Wildman–Crippen LogP) is 4.11. The number of rotatable bonds is 1. The second-order valence-corrected chi connectivity index (χ2v) is 7.03. The fraction of sp³-hybridized carbons (Fsp3) is 0.588. The van der Waals surface area contributed by atoms with Gasteiger partial charge in [-0.25, -0.2) is 4.98 Å². The highest BCUT2D eigenvalue weighted by Crippen LogP contribution is 2.53. The minimum absolute atomic E-state index is 0.348. The van der Waals surface area contributed by atoms with Crippen LogP contribution in [0.1, 0.15) is 50.3 Å². The molecular formula is C17H22N2. The zero-order valence-corrected chi connectivity index (χ0v) is 11.9. The summed E-state index contributed by atoms with van der Waals surface area (Å²) in [6.45, 7) is 4.68. The van der Waals surface area contributed by atoms with E-state index in [0.717, 1.165) is 11.8 Å². The van der Waals surface area contributed by atoms with Crippen molar-refractivity contribution in [3.05, 3.63) is 35.9 Å². The van der Waals surface area contributed by atoms with Gasteiger partial charge in [-0.1, -0.05) is 26.2 Å². The summed E-state index contributed by atoms with van der Waals surface area (Å²) in [5.41, 5.74) is 4.43. The summed E-state index contributed by atoms with van der Waals surface area (Å²) in [6.07, 6.45) is 11.1. The van der Waals surface area contributed by atoms with E-state index in [2.05, 4.69) is 35.4 Å². The number of pyridine rings is 1. The van der Waals surface area contributed by atoms with Crippen molar-refractivity contribution in [3.8, 4) is 0 Å². The van der Waals surface area contributed by atoms with Crippen LogP contribution in [-0.2, 0) is 5.41 Å². The predicted molar refractivity (Wildman–Crippen MR) is 77.3 cm³/mol. The highest BCUT2D eigenvalue weighted by molar-refractivity contribution is 5.50. The van der Waals surface area contributed by atoms with Crippen LogP contribution >= 0.6 is 0 Å². The Morgan fingerprint density at radius 3 is 2.68 bits per heavy atom. The first-order chi connectivity index (χ1) is 9.16. The molecule has 0 N–H and O–H groups in total. The molecule has 4 rings (SSSR count). The van der Waals surface area contributed by atoms with Crippen LogP contribution in [0.15, 0.2) is 24.7 Å². The lowest BCUT2D eigenvalue weighted by Gasteiger charge is -2.27. The molecule has 2 fully saturated rings. The maximum Gasteiger partial charge on any atom is 0.0994 e. The molecule has 2 aromatic heterocycles. The maximum atomic E-state index is 4.34. The average Bonchev–Trinajstić information content (AvgIpc) is 3.01. The Balaban J connectivity index is 1.83. The van der Waals surface area contributed by atoms with Gasteiger partial charge in [-0.3, -0.25) is 0 Å². The molecule has 2 aromatic rings. The maximum absolute atomic E-state index is 4.34. The van der Waals surface area contributed by atoms with Crippen molar-refractivity contribution in [2.75, 3.05) is 0 Å². The Morgan fingerprint density at radius 2 is 1.95 bits per heavy atom. The first kappa shape index (κ1) is 11.5. The van der Waals surface area contributed by atoms with Crippen LogP contribution in [0.3, 0.4) is 0 Å². The van der Waals surface area contributed by atoms with E-state index in [-0.39, 0.29) is 0 Å². The summed E-state index contributed by atoms with van der Waals surface area (Å²) >= 11 is 0. The van der Waals surface area contributed by atoms with Gasteiger partial charge in [0.15, 0.2) is 0 Å². The molecule has 0 amide bonds. The Labute approximate surface area is 114 Å². The first-order valence-electron chi connectivity index (χ1n) is 7.59. The molecule has 0 saturated heterocycles. The Hall–Kier alpha value is -1.31. The number of fused-ring (bicyclic) bond motifs is 2. The topological polar surface area (TPSA) is 17.3 Å². The smallest absolute Gasteiger partial charge is 0.0994 e. The van der Waals surface area contributed by atoms with Gasteiger partial charge in [0.05, 0.1) is 18.0 Å². The molecular weight excluding hydrogens is 232 g/mol. The van der Waals surface area contributed by atoms with E-state index in [4.69, 9.17) is 0 Å². The van der Waals surface area contributed by atoms with Gasteiger partial charge < -0.3 is 4.40 Å². The molecule has 2 atom stereocenters. The summed E-state index contributed by atoms with van der Waals surface area (Å²) in [4.78, 5) is 4.34. The average molecular weight is 254 g/mol. The lowest BCUT2D eigenvalue weighted by Crippen LogP contribution is -2.22. The van der Waals surface area contributed by atoms with Crippen LogP contribution in [0, 0.1) is 18.8 Å². The standard InChI is InChI=1S/C17H22N2/c1-12-6-15-10-18-11-19(15)16(7-12)17(2)8-13-4-3-5-14(13)9-17/h6-7,10-11,13-14H,3-5,8-9H2,1-2H3. The zero-order chi connectivity index (χ0) is 13.0. The van der Waals surface area contributed by atoms with Gasteiger partial charge >= 0.3 is 0 Å². The van der Waals surface area contributed by atoms with Crippen molar-refractivity contribution >= 4 is 5.52 Å². The molecule has 0 aromatic carbocycles. The molecule has 0 aliphatic heterocycles. The SMILES string of the molecule is Cc1cc(C2(C)CC3CCCC3C2)n2cncc2c1. The number of aryl methyl sites for hydroxylation is 1. The molecule has 19 heavy (non-hydrogen) atoms. The molecule has 0 spiro atoms. The van der Waals surface area contributed by atoms with Crippen molar-refractivity contribution in [1.29, 1.82) is 0 Å². The Bertz CT molecular complexity index is 613. The number of aromatic nitrogens is 2. The number of imidazole rings is 1. The molecule has 2 aliphatic rings. The van der Waals surface area contributed by atoms with Crippen LogP contribution < -0.4 is 0 Å².